The van der Waals surface area contributed by atoms with Gasteiger partial charge in [0.05, 0.1) is 12.1 Å². The second-order valence-electron chi connectivity index (χ2n) is 6.71. The molecule has 116 valence electrons. The SMILES string of the molecule is CC(C)Oc1ccc(NC(N)=NC2CC2(C)C(C)C)cc1. The summed E-state index contributed by atoms with van der Waals surface area (Å²) in [4.78, 5) is 4.58. The fourth-order valence-electron chi connectivity index (χ4n) is 2.41. The fraction of sp³-hybridized carbons (Fsp3) is 0.588. The van der Waals surface area contributed by atoms with Gasteiger partial charge in [-0.05, 0) is 55.9 Å². The van der Waals surface area contributed by atoms with Crippen LogP contribution in [0.2, 0.25) is 0 Å². The Morgan fingerprint density at radius 1 is 1.29 bits per heavy atom. The normalized spacial score (nSPS) is 25.3. The molecule has 0 radical (unpaired) electrons. The molecule has 0 spiro atoms. The number of ether oxygens (including phenoxy) is 1. The van der Waals surface area contributed by atoms with E-state index in [1.54, 1.807) is 0 Å². The summed E-state index contributed by atoms with van der Waals surface area (Å²) in [5, 5.41) is 3.14. The maximum absolute atomic E-state index is 5.99. The van der Waals surface area contributed by atoms with E-state index in [9.17, 15) is 0 Å². The quantitative estimate of drug-likeness (QED) is 0.642. The maximum Gasteiger partial charge on any atom is 0.193 e. The van der Waals surface area contributed by atoms with Crippen molar-refractivity contribution in [2.45, 2.75) is 53.2 Å². The highest BCUT2D eigenvalue weighted by Gasteiger charge is 2.52. The number of nitrogens with one attached hydrogen (secondary N) is 1. The molecule has 3 N–H and O–H groups in total. The molecule has 0 aliphatic heterocycles. The van der Waals surface area contributed by atoms with E-state index in [2.05, 4.69) is 31.1 Å². The largest absolute Gasteiger partial charge is 0.491 e. The lowest BCUT2D eigenvalue weighted by molar-refractivity contribution is 0.242. The van der Waals surface area contributed by atoms with Crippen LogP contribution in [-0.2, 0) is 0 Å². The Kier molecular flexibility index (Phi) is 4.45. The topological polar surface area (TPSA) is 59.6 Å². The minimum Gasteiger partial charge on any atom is -0.491 e. The second kappa shape index (κ2) is 5.96. The van der Waals surface area contributed by atoms with Crippen LogP contribution in [-0.4, -0.2) is 18.1 Å². The molecule has 4 nitrogen and oxygen atoms in total. The molecule has 0 aromatic heterocycles. The molecule has 0 amide bonds. The van der Waals surface area contributed by atoms with Gasteiger partial charge >= 0.3 is 0 Å². The van der Waals surface area contributed by atoms with Crippen molar-refractivity contribution in [3.63, 3.8) is 0 Å². The van der Waals surface area contributed by atoms with E-state index in [-0.39, 0.29) is 6.10 Å². The van der Waals surface area contributed by atoms with Crippen molar-refractivity contribution in [2.75, 3.05) is 5.32 Å². The molecule has 1 aliphatic carbocycles. The van der Waals surface area contributed by atoms with Gasteiger partial charge in [-0.25, -0.2) is 4.99 Å². The smallest absolute Gasteiger partial charge is 0.193 e. The molecule has 2 rings (SSSR count). The Labute approximate surface area is 127 Å². The van der Waals surface area contributed by atoms with Crippen LogP contribution in [0.3, 0.4) is 0 Å². The number of hydrogen-bond donors (Lipinski definition) is 2. The third kappa shape index (κ3) is 3.90. The molecule has 1 aliphatic rings. The van der Waals surface area contributed by atoms with Crippen LogP contribution < -0.4 is 15.8 Å². The molecular weight excluding hydrogens is 262 g/mol. The highest BCUT2D eigenvalue weighted by atomic mass is 16.5. The summed E-state index contributed by atoms with van der Waals surface area (Å²) in [6.45, 7) is 10.8. The van der Waals surface area contributed by atoms with Gasteiger partial charge in [0.2, 0.25) is 0 Å². The number of guanidine groups is 1. The third-order valence-corrected chi connectivity index (χ3v) is 4.35. The fourth-order valence-corrected chi connectivity index (χ4v) is 2.41. The Morgan fingerprint density at radius 2 is 1.90 bits per heavy atom. The summed E-state index contributed by atoms with van der Waals surface area (Å²) in [7, 11) is 0. The Morgan fingerprint density at radius 3 is 2.38 bits per heavy atom. The van der Waals surface area contributed by atoms with Crippen molar-refractivity contribution in [3.8, 4) is 5.75 Å². The molecule has 0 heterocycles. The summed E-state index contributed by atoms with van der Waals surface area (Å²) in [5.41, 5.74) is 7.23. The molecule has 2 atom stereocenters. The summed E-state index contributed by atoms with van der Waals surface area (Å²) in [5.74, 6) is 1.98. The van der Waals surface area contributed by atoms with Crippen molar-refractivity contribution in [3.05, 3.63) is 24.3 Å². The zero-order valence-corrected chi connectivity index (χ0v) is 13.7. The molecule has 0 bridgehead atoms. The highest BCUT2D eigenvalue weighted by molar-refractivity contribution is 5.92. The number of anilines is 1. The minimum atomic E-state index is 0.180. The van der Waals surface area contributed by atoms with Gasteiger partial charge in [0.1, 0.15) is 5.75 Å². The van der Waals surface area contributed by atoms with Gasteiger partial charge in [0.25, 0.3) is 0 Å². The third-order valence-electron chi connectivity index (χ3n) is 4.35. The predicted octanol–water partition coefficient (Wildman–Crippen LogP) is 3.64. The van der Waals surface area contributed by atoms with Crippen LogP contribution in [0, 0.1) is 11.3 Å². The summed E-state index contributed by atoms with van der Waals surface area (Å²) < 4.78 is 5.61. The summed E-state index contributed by atoms with van der Waals surface area (Å²) in [6.07, 6.45) is 1.30. The van der Waals surface area contributed by atoms with Crippen LogP contribution in [0.25, 0.3) is 0 Å². The van der Waals surface area contributed by atoms with Crippen molar-refractivity contribution < 1.29 is 4.74 Å². The first-order chi connectivity index (χ1) is 9.81. The number of benzene rings is 1. The molecule has 1 saturated carbocycles. The van der Waals surface area contributed by atoms with E-state index < -0.39 is 0 Å². The lowest BCUT2D eigenvalue weighted by Crippen LogP contribution is -2.24. The summed E-state index contributed by atoms with van der Waals surface area (Å²) >= 11 is 0. The number of rotatable bonds is 5. The zero-order valence-electron chi connectivity index (χ0n) is 13.7. The Bertz CT molecular complexity index is 507. The number of nitrogens with two attached hydrogens (primary N) is 1. The molecule has 0 saturated heterocycles. The zero-order chi connectivity index (χ0) is 15.6. The van der Waals surface area contributed by atoms with Gasteiger partial charge in [-0.15, -0.1) is 0 Å². The van der Waals surface area contributed by atoms with Crippen LogP contribution in [0.15, 0.2) is 29.3 Å². The first-order valence-electron chi connectivity index (χ1n) is 7.68. The average molecular weight is 289 g/mol. The Balaban J connectivity index is 1.93. The molecule has 4 heteroatoms. The van der Waals surface area contributed by atoms with E-state index in [4.69, 9.17) is 10.5 Å². The first kappa shape index (κ1) is 15.7. The van der Waals surface area contributed by atoms with Crippen LogP contribution >= 0.6 is 0 Å². The number of nitrogens with zero attached hydrogens (tertiary/aromatic N) is 1. The molecule has 1 fully saturated rings. The van der Waals surface area contributed by atoms with Crippen LogP contribution in [0.1, 0.15) is 41.0 Å². The molecule has 1 aromatic rings. The van der Waals surface area contributed by atoms with Gasteiger partial charge in [0, 0.05) is 5.69 Å². The number of hydrogen-bond acceptors (Lipinski definition) is 2. The van der Waals surface area contributed by atoms with E-state index >= 15 is 0 Å². The number of aliphatic imine (C=N–C) groups is 1. The average Bonchev–Trinajstić information content (AvgIpc) is 3.03. The molecule has 2 unspecified atom stereocenters. The lowest BCUT2D eigenvalue weighted by atomic mass is 9.94. The van der Waals surface area contributed by atoms with Gasteiger partial charge < -0.3 is 15.8 Å². The van der Waals surface area contributed by atoms with E-state index in [0.717, 1.165) is 17.9 Å². The van der Waals surface area contributed by atoms with Crippen LogP contribution in [0.5, 0.6) is 5.75 Å². The molecule has 21 heavy (non-hydrogen) atoms. The van der Waals surface area contributed by atoms with Gasteiger partial charge in [-0.3, -0.25) is 0 Å². The van der Waals surface area contributed by atoms with Crippen molar-refractivity contribution in [1.29, 1.82) is 0 Å². The standard InChI is InChI=1S/C17H27N3O/c1-11(2)17(5)10-15(17)20-16(18)19-13-6-8-14(9-7-13)21-12(3)4/h6-9,11-12,15H,10H2,1-5H3,(H3,18,19,20). The minimum absolute atomic E-state index is 0.180. The van der Waals surface area contributed by atoms with Crippen molar-refractivity contribution in [2.24, 2.45) is 22.1 Å². The van der Waals surface area contributed by atoms with E-state index in [0.29, 0.717) is 23.3 Å². The van der Waals surface area contributed by atoms with Crippen molar-refractivity contribution in [1.82, 2.24) is 0 Å². The Hall–Kier alpha value is -1.71. The first-order valence-corrected chi connectivity index (χ1v) is 7.68. The highest BCUT2D eigenvalue weighted by Crippen LogP contribution is 2.53. The van der Waals surface area contributed by atoms with Crippen LogP contribution in [0.4, 0.5) is 5.69 Å². The monoisotopic (exact) mass is 289 g/mol. The van der Waals surface area contributed by atoms with E-state index in [1.807, 2.05) is 38.1 Å². The van der Waals surface area contributed by atoms with E-state index in [1.165, 1.54) is 0 Å². The molecular formula is C17H27N3O. The predicted molar refractivity (Wildman–Crippen MR) is 88.8 cm³/mol. The summed E-state index contributed by atoms with van der Waals surface area (Å²) in [6, 6.07) is 8.12. The lowest BCUT2D eigenvalue weighted by Gasteiger charge is -2.14. The van der Waals surface area contributed by atoms with Crippen molar-refractivity contribution >= 4 is 11.6 Å². The van der Waals surface area contributed by atoms with Gasteiger partial charge in [-0.1, -0.05) is 20.8 Å². The second-order valence-corrected chi connectivity index (χ2v) is 6.71. The molecule has 1 aromatic carbocycles. The maximum atomic E-state index is 5.99. The van der Waals surface area contributed by atoms with Gasteiger partial charge in [0.15, 0.2) is 5.96 Å². The van der Waals surface area contributed by atoms with Gasteiger partial charge in [-0.2, -0.15) is 0 Å².